The second kappa shape index (κ2) is 8.04. The summed E-state index contributed by atoms with van der Waals surface area (Å²) < 4.78 is 40.9. The van der Waals surface area contributed by atoms with E-state index >= 15 is 0 Å². The maximum Gasteiger partial charge on any atom is 0.270 e. The molecule has 0 atom stereocenters. The molecule has 1 aromatic heterocycles. The molecule has 1 aliphatic heterocycles. The zero-order valence-corrected chi connectivity index (χ0v) is 17.8. The normalized spacial score (nSPS) is 16.5. The molecule has 4 rings (SSSR count). The third-order valence-electron chi connectivity index (χ3n) is 4.81. The molecule has 0 bridgehead atoms. The highest BCUT2D eigenvalue weighted by molar-refractivity contribution is 7.97. The third-order valence-corrected chi connectivity index (χ3v) is 7.48. The standard InChI is InChI=1S/C22H19FN2O3S2/c1-15-2-4-17(5-3-15)14-25-19-10-11-29-22(19)21(26)20(30(25,27)28)13-24-12-16-6-8-18(23)9-7-16/h2-11,13,24H,12,14H2,1H3/b20-13-. The molecule has 2 aromatic carbocycles. The summed E-state index contributed by atoms with van der Waals surface area (Å²) in [5.74, 6) is -0.870. The molecule has 8 heteroatoms. The van der Waals surface area contributed by atoms with Crippen LogP contribution in [0.2, 0.25) is 0 Å². The van der Waals surface area contributed by atoms with Crippen LogP contribution in [0.3, 0.4) is 0 Å². The number of allylic oxidation sites excluding steroid dienone is 1. The molecule has 0 aliphatic carbocycles. The largest absolute Gasteiger partial charge is 0.386 e. The molecule has 154 valence electrons. The minimum Gasteiger partial charge on any atom is -0.386 e. The van der Waals surface area contributed by atoms with Crippen LogP contribution in [0.5, 0.6) is 0 Å². The van der Waals surface area contributed by atoms with Crippen LogP contribution in [0.1, 0.15) is 26.4 Å². The first kappa shape index (κ1) is 20.3. The number of anilines is 1. The fourth-order valence-electron chi connectivity index (χ4n) is 3.18. The van der Waals surface area contributed by atoms with Crippen molar-refractivity contribution in [1.29, 1.82) is 0 Å². The van der Waals surface area contributed by atoms with E-state index in [0.717, 1.165) is 16.7 Å². The number of halogens is 1. The number of fused-ring (bicyclic) bond motifs is 1. The first-order chi connectivity index (χ1) is 14.4. The number of nitrogens with zero attached hydrogens (tertiary/aromatic N) is 1. The summed E-state index contributed by atoms with van der Waals surface area (Å²) in [5, 5.41) is 4.60. The minimum absolute atomic E-state index is 0.134. The summed E-state index contributed by atoms with van der Waals surface area (Å²) in [6.45, 7) is 2.36. The molecule has 1 N–H and O–H groups in total. The number of nitrogens with one attached hydrogen (secondary N) is 1. The number of thiophene rings is 1. The topological polar surface area (TPSA) is 66.5 Å². The van der Waals surface area contributed by atoms with Gasteiger partial charge in [0.15, 0.2) is 4.91 Å². The number of benzene rings is 2. The fourth-order valence-corrected chi connectivity index (χ4v) is 5.69. The third kappa shape index (κ3) is 3.88. The first-order valence-corrected chi connectivity index (χ1v) is 11.6. The zero-order valence-electron chi connectivity index (χ0n) is 16.1. The van der Waals surface area contributed by atoms with E-state index in [2.05, 4.69) is 5.32 Å². The highest BCUT2D eigenvalue weighted by Crippen LogP contribution is 2.39. The number of carbonyl (C=O) groups excluding carboxylic acids is 1. The Labute approximate surface area is 178 Å². The van der Waals surface area contributed by atoms with Crippen molar-refractivity contribution in [3.8, 4) is 0 Å². The van der Waals surface area contributed by atoms with Crippen LogP contribution in [0.4, 0.5) is 10.1 Å². The zero-order chi connectivity index (χ0) is 21.3. The smallest absolute Gasteiger partial charge is 0.270 e. The van der Waals surface area contributed by atoms with E-state index in [9.17, 15) is 17.6 Å². The second-order valence-electron chi connectivity index (χ2n) is 6.98. The average molecular weight is 443 g/mol. The molecular formula is C22H19FN2O3S2. The molecule has 3 aromatic rings. The van der Waals surface area contributed by atoms with Gasteiger partial charge in [-0.2, -0.15) is 0 Å². The lowest BCUT2D eigenvalue weighted by Crippen LogP contribution is -2.38. The van der Waals surface area contributed by atoms with Gasteiger partial charge in [-0.3, -0.25) is 9.10 Å². The molecular weight excluding hydrogens is 423 g/mol. The number of hydrogen-bond donors (Lipinski definition) is 1. The average Bonchev–Trinajstić information content (AvgIpc) is 3.20. The molecule has 0 spiro atoms. The van der Waals surface area contributed by atoms with Gasteiger partial charge in [0.25, 0.3) is 10.0 Å². The molecule has 0 saturated carbocycles. The lowest BCUT2D eigenvalue weighted by molar-refractivity contribution is 0.104. The number of ketones is 1. The molecule has 0 saturated heterocycles. The van der Waals surface area contributed by atoms with Crippen LogP contribution in [-0.4, -0.2) is 14.2 Å². The van der Waals surface area contributed by atoms with Crippen molar-refractivity contribution in [3.63, 3.8) is 0 Å². The van der Waals surface area contributed by atoms with Gasteiger partial charge in [0, 0.05) is 12.7 Å². The van der Waals surface area contributed by atoms with E-state index in [1.54, 1.807) is 23.6 Å². The van der Waals surface area contributed by atoms with Gasteiger partial charge in [0.05, 0.1) is 12.2 Å². The lowest BCUT2D eigenvalue weighted by Gasteiger charge is -2.29. The summed E-state index contributed by atoms with van der Waals surface area (Å²) in [7, 11) is -4.04. The van der Waals surface area contributed by atoms with Crippen molar-refractivity contribution < 1.29 is 17.6 Å². The Morgan fingerprint density at radius 1 is 1.03 bits per heavy atom. The number of rotatable bonds is 5. The van der Waals surface area contributed by atoms with Crippen molar-refractivity contribution in [2.45, 2.75) is 20.0 Å². The first-order valence-electron chi connectivity index (χ1n) is 9.25. The van der Waals surface area contributed by atoms with Crippen molar-refractivity contribution in [1.82, 2.24) is 5.32 Å². The Morgan fingerprint density at radius 2 is 1.70 bits per heavy atom. The van der Waals surface area contributed by atoms with Gasteiger partial charge in [0.1, 0.15) is 10.7 Å². The fraction of sp³-hybridized carbons (Fsp3) is 0.136. The van der Waals surface area contributed by atoms with Crippen molar-refractivity contribution in [2.24, 2.45) is 0 Å². The van der Waals surface area contributed by atoms with Crippen molar-refractivity contribution >= 4 is 32.8 Å². The number of aryl methyl sites for hydroxylation is 1. The van der Waals surface area contributed by atoms with Crippen LogP contribution >= 0.6 is 11.3 Å². The summed E-state index contributed by atoms with van der Waals surface area (Å²) in [5.41, 5.74) is 3.08. The Balaban J connectivity index is 1.65. The molecule has 1 aliphatic rings. The summed E-state index contributed by atoms with van der Waals surface area (Å²) in [4.78, 5) is 13.0. The predicted molar refractivity (Wildman–Crippen MR) is 116 cm³/mol. The molecule has 0 fully saturated rings. The highest BCUT2D eigenvalue weighted by Gasteiger charge is 2.41. The highest BCUT2D eigenvalue weighted by atomic mass is 32.2. The van der Waals surface area contributed by atoms with Crippen molar-refractivity contribution in [3.05, 3.63) is 98.5 Å². The Hall–Kier alpha value is -2.97. The molecule has 2 heterocycles. The van der Waals surface area contributed by atoms with Gasteiger partial charge in [-0.1, -0.05) is 42.0 Å². The van der Waals surface area contributed by atoms with E-state index in [4.69, 9.17) is 0 Å². The molecule has 5 nitrogen and oxygen atoms in total. The van der Waals surface area contributed by atoms with Gasteiger partial charge >= 0.3 is 0 Å². The quantitative estimate of drug-likeness (QED) is 0.597. The molecule has 0 unspecified atom stereocenters. The summed E-state index contributed by atoms with van der Waals surface area (Å²) in [6.07, 6.45) is 1.24. The number of carbonyl (C=O) groups is 1. The van der Waals surface area contributed by atoms with Crippen LogP contribution in [0.25, 0.3) is 0 Å². The molecule has 30 heavy (non-hydrogen) atoms. The Morgan fingerprint density at radius 3 is 2.40 bits per heavy atom. The predicted octanol–water partition coefficient (Wildman–Crippen LogP) is 4.36. The maximum atomic E-state index is 13.3. The van der Waals surface area contributed by atoms with Crippen LogP contribution < -0.4 is 9.62 Å². The summed E-state index contributed by atoms with van der Waals surface area (Å²) in [6, 6.07) is 15.1. The van der Waals surface area contributed by atoms with Crippen molar-refractivity contribution in [2.75, 3.05) is 4.31 Å². The van der Waals surface area contributed by atoms with E-state index in [0.29, 0.717) is 10.6 Å². The van der Waals surface area contributed by atoms with Gasteiger partial charge in [-0.25, -0.2) is 12.8 Å². The van der Waals surface area contributed by atoms with Gasteiger partial charge in [-0.05, 0) is 41.6 Å². The maximum absolute atomic E-state index is 13.3. The van der Waals surface area contributed by atoms with Crippen LogP contribution in [-0.2, 0) is 23.1 Å². The minimum atomic E-state index is -4.04. The Bertz CT molecular complexity index is 1210. The Kier molecular flexibility index (Phi) is 5.44. The van der Waals surface area contributed by atoms with E-state index in [1.165, 1.54) is 34.0 Å². The molecule has 0 amide bonds. The van der Waals surface area contributed by atoms with Crippen LogP contribution in [0, 0.1) is 12.7 Å². The monoisotopic (exact) mass is 442 g/mol. The van der Waals surface area contributed by atoms with Gasteiger partial charge in [-0.15, -0.1) is 11.3 Å². The summed E-state index contributed by atoms with van der Waals surface area (Å²) >= 11 is 1.22. The second-order valence-corrected chi connectivity index (χ2v) is 9.72. The van der Waals surface area contributed by atoms with Gasteiger partial charge < -0.3 is 5.32 Å². The van der Waals surface area contributed by atoms with E-state index in [1.807, 2.05) is 31.2 Å². The number of Topliss-reactive ketones (excluding diaryl/α,β-unsaturated/α-hetero) is 1. The van der Waals surface area contributed by atoms with Gasteiger partial charge in [0.2, 0.25) is 5.78 Å². The SMILES string of the molecule is Cc1ccc(CN2c3ccsc3C(=O)/C(=C/NCc3ccc(F)cc3)S2(=O)=O)cc1. The van der Waals surface area contributed by atoms with E-state index in [-0.39, 0.29) is 23.8 Å². The number of hydrogen-bond acceptors (Lipinski definition) is 5. The van der Waals surface area contributed by atoms with E-state index < -0.39 is 15.8 Å². The van der Waals surface area contributed by atoms with Crippen LogP contribution in [0.15, 0.2) is 71.1 Å². The number of sulfonamides is 1. The lowest BCUT2D eigenvalue weighted by atomic mass is 10.1. The molecule has 0 radical (unpaired) electrons.